The van der Waals surface area contributed by atoms with Crippen LogP contribution in [0.1, 0.15) is 39.0 Å². The minimum absolute atomic E-state index is 0.0921. The highest BCUT2D eigenvalue weighted by molar-refractivity contribution is 5.95. The van der Waals surface area contributed by atoms with Crippen molar-refractivity contribution in [1.29, 1.82) is 0 Å². The number of esters is 1. The van der Waals surface area contributed by atoms with E-state index < -0.39 is 35.5 Å². The molecule has 26 heavy (non-hydrogen) atoms. The third-order valence-electron chi connectivity index (χ3n) is 5.23. The van der Waals surface area contributed by atoms with Gasteiger partial charge in [-0.25, -0.2) is 8.78 Å². The summed E-state index contributed by atoms with van der Waals surface area (Å²) in [6.07, 6.45) is 2.37. The van der Waals surface area contributed by atoms with Crippen LogP contribution in [0.5, 0.6) is 0 Å². The second-order valence-electron chi connectivity index (χ2n) is 7.09. The predicted molar refractivity (Wildman–Crippen MR) is 89.1 cm³/mol. The average Bonchev–Trinajstić information content (AvgIpc) is 2.57. The largest absolute Gasteiger partial charge is 0.452 e. The summed E-state index contributed by atoms with van der Waals surface area (Å²) < 4.78 is 32.0. The summed E-state index contributed by atoms with van der Waals surface area (Å²) in [4.78, 5) is 36.6. The molecular formula is C19H21F2NO4. The Kier molecular flexibility index (Phi) is 5.34. The first kappa shape index (κ1) is 18.5. The van der Waals surface area contributed by atoms with Gasteiger partial charge >= 0.3 is 5.97 Å². The topological polar surface area (TPSA) is 72.5 Å². The van der Waals surface area contributed by atoms with Gasteiger partial charge in [0.25, 0.3) is 5.91 Å². The Morgan fingerprint density at radius 2 is 1.85 bits per heavy atom. The lowest BCUT2D eigenvalue weighted by Gasteiger charge is -2.36. The van der Waals surface area contributed by atoms with Gasteiger partial charge in [-0.15, -0.1) is 0 Å². The van der Waals surface area contributed by atoms with E-state index in [1.807, 2.05) is 0 Å². The van der Waals surface area contributed by atoms with Crippen molar-refractivity contribution in [1.82, 2.24) is 0 Å². The molecular weight excluding hydrogens is 344 g/mol. The van der Waals surface area contributed by atoms with Gasteiger partial charge in [0.15, 0.2) is 6.10 Å². The van der Waals surface area contributed by atoms with E-state index in [1.165, 1.54) is 6.92 Å². The van der Waals surface area contributed by atoms with Crippen LogP contribution in [0, 0.1) is 29.4 Å². The minimum Gasteiger partial charge on any atom is -0.452 e. The van der Waals surface area contributed by atoms with E-state index in [2.05, 4.69) is 5.32 Å². The van der Waals surface area contributed by atoms with E-state index in [1.54, 1.807) is 0 Å². The van der Waals surface area contributed by atoms with Crippen molar-refractivity contribution in [3.05, 3.63) is 29.8 Å². The number of carbonyl (C=O) groups excluding carboxylic acids is 3. The maximum atomic E-state index is 13.6. The number of ether oxygens (including phenoxy) is 1. The molecule has 1 aromatic rings. The Hall–Kier alpha value is -2.31. The summed E-state index contributed by atoms with van der Waals surface area (Å²) in [6.45, 7) is 1.37. The van der Waals surface area contributed by atoms with E-state index in [0.717, 1.165) is 37.5 Å². The van der Waals surface area contributed by atoms with Crippen molar-refractivity contribution in [2.75, 3.05) is 5.32 Å². The number of ketones is 1. The fourth-order valence-corrected chi connectivity index (χ4v) is 3.82. The first-order chi connectivity index (χ1) is 12.3. The Bertz CT molecular complexity index is 720. The zero-order chi connectivity index (χ0) is 18.8. The fraction of sp³-hybridized carbons (Fsp3) is 0.526. The van der Waals surface area contributed by atoms with Gasteiger partial charge < -0.3 is 10.1 Å². The number of halogens is 2. The van der Waals surface area contributed by atoms with Gasteiger partial charge in [-0.1, -0.05) is 6.42 Å². The minimum atomic E-state index is -1.15. The van der Waals surface area contributed by atoms with Crippen molar-refractivity contribution < 1.29 is 27.9 Å². The quantitative estimate of drug-likeness (QED) is 0.832. The zero-order valence-electron chi connectivity index (χ0n) is 14.5. The van der Waals surface area contributed by atoms with E-state index in [0.29, 0.717) is 12.8 Å². The molecule has 5 nitrogen and oxygen atoms in total. The predicted octanol–water partition coefficient (Wildman–Crippen LogP) is 3.23. The summed E-state index contributed by atoms with van der Waals surface area (Å²) in [6, 6.07) is 2.70. The van der Waals surface area contributed by atoms with Crippen LogP contribution in [0.25, 0.3) is 0 Å². The number of hydrogen-bond acceptors (Lipinski definition) is 4. The molecule has 1 unspecified atom stereocenters. The lowest BCUT2D eigenvalue weighted by Crippen LogP contribution is -2.41. The van der Waals surface area contributed by atoms with Crippen LogP contribution in [0.2, 0.25) is 0 Å². The molecule has 140 valence electrons. The Balaban J connectivity index is 1.58. The van der Waals surface area contributed by atoms with Gasteiger partial charge in [-0.2, -0.15) is 0 Å². The number of anilines is 1. The number of carbonyl (C=O) groups is 3. The Labute approximate surface area is 150 Å². The molecule has 2 bridgehead atoms. The molecule has 1 aromatic carbocycles. The first-order valence-corrected chi connectivity index (χ1v) is 8.85. The summed E-state index contributed by atoms with van der Waals surface area (Å²) >= 11 is 0. The van der Waals surface area contributed by atoms with Crippen LogP contribution in [0.15, 0.2) is 18.2 Å². The van der Waals surface area contributed by atoms with Crippen molar-refractivity contribution in [3.8, 4) is 0 Å². The SMILES string of the molecule is C[C@@H](OC(=O)C1C[C@H]2CCC[C@@H](C1)C2=O)C(=O)Nc1cc(F)ccc1F. The van der Waals surface area contributed by atoms with Gasteiger partial charge in [0, 0.05) is 17.9 Å². The summed E-state index contributed by atoms with van der Waals surface area (Å²) in [5.41, 5.74) is -0.310. The molecule has 2 saturated carbocycles. The lowest BCUT2D eigenvalue weighted by atomic mass is 9.67. The molecule has 0 radical (unpaired) electrons. The molecule has 2 aliphatic rings. The standard InChI is InChI=1S/C19H21F2NO4/c1-10(18(24)22-16-9-14(20)5-6-15(16)21)26-19(25)13-7-11-3-2-4-12(8-13)17(11)23/h5-6,9-13H,2-4,7-8H2,1H3,(H,22,24)/t10-,11-,12+,13?/m1/s1. The number of amides is 1. The number of rotatable bonds is 4. The Morgan fingerprint density at radius 1 is 1.19 bits per heavy atom. The van der Waals surface area contributed by atoms with E-state index in [-0.39, 0.29) is 23.3 Å². The molecule has 0 spiro atoms. The number of benzene rings is 1. The van der Waals surface area contributed by atoms with Crippen molar-refractivity contribution >= 4 is 23.3 Å². The molecule has 0 aliphatic heterocycles. The molecule has 4 atom stereocenters. The molecule has 0 heterocycles. The van der Waals surface area contributed by atoms with Crippen LogP contribution < -0.4 is 5.32 Å². The number of nitrogens with one attached hydrogen (secondary N) is 1. The highest BCUT2D eigenvalue weighted by Crippen LogP contribution is 2.40. The summed E-state index contributed by atoms with van der Waals surface area (Å²) in [5.74, 6) is -3.07. The van der Waals surface area contributed by atoms with Gasteiger partial charge in [0.05, 0.1) is 11.6 Å². The first-order valence-electron chi connectivity index (χ1n) is 8.85. The number of Topliss-reactive ketones (excluding diaryl/α,β-unsaturated/α-hetero) is 1. The maximum Gasteiger partial charge on any atom is 0.309 e. The molecule has 1 amide bonds. The Morgan fingerprint density at radius 3 is 2.50 bits per heavy atom. The van der Waals surface area contributed by atoms with Gasteiger partial charge in [0.2, 0.25) is 0 Å². The molecule has 2 fully saturated rings. The molecule has 2 aliphatic carbocycles. The second-order valence-corrected chi connectivity index (χ2v) is 7.09. The van der Waals surface area contributed by atoms with E-state index in [4.69, 9.17) is 4.74 Å². The van der Waals surface area contributed by atoms with E-state index in [9.17, 15) is 23.2 Å². The fourth-order valence-electron chi connectivity index (χ4n) is 3.82. The van der Waals surface area contributed by atoms with Crippen LogP contribution in [0.4, 0.5) is 14.5 Å². The molecule has 1 N–H and O–H groups in total. The molecule has 7 heteroatoms. The van der Waals surface area contributed by atoms with Gasteiger partial charge in [0.1, 0.15) is 17.4 Å². The van der Waals surface area contributed by atoms with Crippen LogP contribution in [-0.2, 0) is 19.1 Å². The summed E-state index contributed by atoms with van der Waals surface area (Å²) in [7, 11) is 0. The van der Waals surface area contributed by atoms with E-state index >= 15 is 0 Å². The highest BCUT2D eigenvalue weighted by Gasteiger charge is 2.42. The van der Waals surface area contributed by atoms with Crippen molar-refractivity contribution in [2.45, 2.75) is 45.1 Å². The second kappa shape index (κ2) is 7.51. The normalized spacial score (nSPS) is 26.1. The third kappa shape index (κ3) is 3.92. The molecule has 0 saturated heterocycles. The molecule has 0 aromatic heterocycles. The van der Waals surface area contributed by atoms with Crippen molar-refractivity contribution in [3.63, 3.8) is 0 Å². The summed E-state index contributed by atoms with van der Waals surface area (Å²) in [5, 5.41) is 2.22. The van der Waals surface area contributed by atoms with Gasteiger partial charge in [-0.3, -0.25) is 14.4 Å². The molecule has 3 rings (SSSR count). The van der Waals surface area contributed by atoms with Crippen LogP contribution in [0.3, 0.4) is 0 Å². The monoisotopic (exact) mass is 365 g/mol. The van der Waals surface area contributed by atoms with Crippen LogP contribution in [-0.4, -0.2) is 23.8 Å². The highest BCUT2D eigenvalue weighted by atomic mass is 19.1. The third-order valence-corrected chi connectivity index (χ3v) is 5.23. The van der Waals surface area contributed by atoms with Crippen LogP contribution >= 0.6 is 0 Å². The maximum absolute atomic E-state index is 13.6. The number of fused-ring (bicyclic) bond motifs is 2. The lowest BCUT2D eigenvalue weighted by molar-refractivity contribution is -0.161. The van der Waals surface area contributed by atoms with Crippen molar-refractivity contribution in [2.24, 2.45) is 17.8 Å². The number of hydrogen-bond donors (Lipinski definition) is 1. The zero-order valence-corrected chi connectivity index (χ0v) is 14.5. The van der Waals surface area contributed by atoms with Gasteiger partial charge in [-0.05, 0) is 44.7 Å². The smallest absolute Gasteiger partial charge is 0.309 e. The average molecular weight is 365 g/mol.